The fourth-order valence-corrected chi connectivity index (χ4v) is 15.4. The number of likely N-dealkylation sites (tertiary alicyclic amines) is 1. The Morgan fingerprint density at radius 2 is 1.05 bits per heavy atom. The van der Waals surface area contributed by atoms with Gasteiger partial charge < -0.3 is 24.3 Å². The molecule has 0 radical (unpaired) electrons. The van der Waals surface area contributed by atoms with Crippen LogP contribution in [0.25, 0.3) is 0 Å². The molecule has 6 aromatic rings. The second-order valence-electron chi connectivity index (χ2n) is 18.1. The highest BCUT2D eigenvalue weighted by atomic mass is 32.2. The maximum Gasteiger partial charge on any atom is 0.508 e. The van der Waals surface area contributed by atoms with Crippen LogP contribution in [-0.2, 0) is 48.4 Å². The predicted molar refractivity (Wildman–Crippen MR) is 299 cm³/mol. The van der Waals surface area contributed by atoms with E-state index in [1.54, 1.807) is 0 Å². The number of amides is 2. The first-order chi connectivity index (χ1) is 36.9. The summed E-state index contributed by atoms with van der Waals surface area (Å²) in [5.41, 5.74) is 0.401. The molecule has 1 aliphatic heterocycles. The maximum atomic E-state index is 15.6. The molecule has 2 amide bonds. The Morgan fingerprint density at radius 1 is 0.649 bits per heavy atom. The Kier molecular flexibility index (Phi) is 19.0. The second-order valence-corrected chi connectivity index (χ2v) is 24.7. The lowest BCUT2D eigenvalue weighted by atomic mass is 9.92. The van der Waals surface area contributed by atoms with Crippen LogP contribution in [0.4, 0.5) is 26.7 Å². The number of ether oxygens (including phenoxy) is 4. The molecule has 6 aromatic carbocycles. The van der Waals surface area contributed by atoms with Crippen LogP contribution < -0.4 is 21.2 Å². The monoisotopic (exact) mass is 1120 g/mol. The van der Waals surface area contributed by atoms with Gasteiger partial charge in [-0.05, 0) is 81.3 Å². The molecule has 1 heterocycles. The first kappa shape index (κ1) is 56.8. The van der Waals surface area contributed by atoms with Crippen molar-refractivity contribution in [3.05, 3.63) is 211 Å². The number of esters is 1. The third kappa shape index (κ3) is 14.1. The molecule has 3 atom stereocenters. The molecule has 0 aliphatic carbocycles. The number of thiocarbonyl (C=S) groups is 1. The molecular formula is C54H50N5O14PS3. The maximum absolute atomic E-state index is 15.6. The average Bonchev–Trinajstić information content (AvgIpc) is 3.63. The van der Waals surface area contributed by atoms with Crippen LogP contribution in [0, 0.1) is 41.7 Å². The molecule has 23 heteroatoms. The summed E-state index contributed by atoms with van der Waals surface area (Å²) in [6, 6.07) is 44.4. The summed E-state index contributed by atoms with van der Waals surface area (Å²) in [5.74, 6) is -2.26. The summed E-state index contributed by atoms with van der Waals surface area (Å²) < 4.78 is 23.1. The third-order valence-corrected chi connectivity index (χ3v) is 19.7. The number of nitrogens with zero attached hydrogens (tertiary/aromatic N) is 4. The standard InChI is InChI=1S/C54H50N5O14PS3/c1-36(73-52(63)72-33-39-23-29-42(30-24-39)59(68)69)46-47(60)56(49(46)77-53(75)76-35-54(2,3)34-55-51(62)71-32-38-21-27-41(28-22-38)58(66)67)48(50(61)70-31-37-19-25-40(26-20-37)57(64)65)74(43-13-7-4-8-14-43,44-15-9-5-10-16-44)45-17-11-6-12-18-45/h4-30,36,46,49H,31-35H2,1-3H3,(H,55,62). The third-order valence-electron chi connectivity index (χ3n) is 12.1. The first-order valence-corrected chi connectivity index (χ1v) is 27.7. The zero-order valence-electron chi connectivity index (χ0n) is 41.5. The fraction of sp³-hybridized carbons (Fsp3) is 0.222. The molecule has 77 heavy (non-hydrogen) atoms. The van der Waals surface area contributed by atoms with Gasteiger partial charge in [-0.1, -0.05) is 129 Å². The lowest BCUT2D eigenvalue weighted by Crippen LogP contribution is -2.67. The Bertz CT molecular complexity index is 3090. The molecule has 1 aliphatic rings. The van der Waals surface area contributed by atoms with Crippen LogP contribution in [0.1, 0.15) is 37.5 Å². The summed E-state index contributed by atoms with van der Waals surface area (Å²) in [4.78, 5) is 90.6. The van der Waals surface area contributed by atoms with Crippen LogP contribution >= 0.6 is 42.6 Å². The van der Waals surface area contributed by atoms with Gasteiger partial charge in [-0.15, -0.1) is 11.8 Å². The van der Waals surface area contributed by atoms with Gasteiger partial charge in [0.2, 0.25) is 5.91 Å². The Balaban J connectivity index is 1.24. The topological polar surface area (TPSA) is 250 Å². The highest BCUT2D eigenvalue weighted by molar-refractivity contribution is 8.47. The van der Waals surface area contributed by atoms with E-state index in [4.69, 9.17) is 31.2 Å². The molecule has 0 aromatic heterocycles. The number of rotatable bonds is 21. The fourth-order valence-electron chi connectivity index (χ4n) is 8.14. The zero-order chi connectivity index (χ0) is 55.3. The van der Waals surface area contributed by atoms with Crippen molar-refractivity contribution in [3.63, 3.8) is 0 Å². The molecule has 0 saturated carbocycles. The molecule has 19 nitrogen and oxygen atoms in total. The average molecular weight is 1120 g/mol. The van der Waals surface area contributed by atoms with E-state index in [0.29, 0.717) is 41.9 Å². The summed E-state index contributed by atoms with van der Waals surface area (Å²) in [6.45, 7) is 1.22. The van der Waals surface area contributed by atoms with Gasteiger partial charge in [-0.2, -0.15) is 0 Å². The molecule has 1 N–H and O–H groups in total. The minimum atomic E-state index is -3.49. The number of nitrogens with one attached hydrogen (secondary N) is 1. The number of hydrogen-bond donors (Lipinski definition) is 1. The molecule has 0 spiro atoms. The van der Waals surface area contributed by atoms with Gasteiger partial charge in [0, 0.05) is 55.6 Å². The molecule has 398 valence electrons. The van der Waals surface area contributed by atoms with E-state index in [1.807, 2.05) is 105 Å². The van der Waals surface area contributed by atoms with E-state index < -0.39 is 68.6 Å². The SMILES string of the molecule is CC(OC(=O)OCc1ccc([N+](=O)[O-])cc1)C1C(=O)N(C(C(=O)OCc2ccc([N+](=O)[O-])cc2)=P(c2ccccc2)(c2ccccc2)c2ccccc2)C1SC(=S)SCC(C)(C)CNC(=O)OCc1ccc([N+](=O)[O-])cc1. The van der Waals surface area contributed by atoms with E-state index in [-0.39, 0.29) is 48.8 Å². The van der Waals surface area contributed by atoms with Crippen LogP contribution in [0.15, 0.2) is 164 Å². The van der Waals surface area contributed by atoms with Gasteiger partial charge in [0.15, 0.2) is 0 Å². The van der Waals surface area contributed by atoms with Crippen LogP contribution in [0.5, 0.6) is 0 Å². The van der Waals surface area contributed by atoms with Crippen molar-refractivity contribution in [3.8, 4) is 0 Å². The summed E-state index contributed by atoms with van der Waals surface area (Å²) in [7, 11) is 0. The van der Waals surface area contributed by atoms with Gasteiger partial charge in [0.25, 0.3) is 17.1 Å². The first-order valence-electron chi connectivity index (χ1n) is 23.6. The van der Waals surface area contributed by atoms with Gasteiger partial charge >= 0.3 is 18.2 Å². The normalized spacial score (nSPS) is 14.5. The minimum Gasteiger partial charge on any atom is -0.456 e. The molecular weight excluding hydrogens is 1070 g/mol. The molecule has 3 unspecified atom stereocenters. The Labute approximate surface area is 456 Å². The van der Waals surface area contributed by atoms with Crippen LogP contribution in [-0.4, -0.2) is 76.5 Å². The lowest BCUT2D eigenvalue weighted by molar-refractivity contribution is -0.385. The second kappa shape index (κ2) is 25.8. The number of benzene rings is 6. The van der Waals surface area contributed by atoms with Crippen molar-refractivity contribution in [1.82, 2.24) is 10.2 Å². The number of hydrogen-bond acceptors (Lipinski definition) is 17. The van der Waals surface area contributed by atoms with Gasteiger partial charge in [-0.25, -0.2) is 14.4 Å². The van der Waals surface area contributed by atoms with E-state index in [1.165, 1.54) is 96.4 Å². The number of carbonyl (C=O) groups excluding carboxylic acids is 4. The zero-order valence-corrected chi connectivity index (χ0v) is 44.9. The number of carbonyl (C=O) groups is 4. The van der Waals surface area contributed by atoms with Crippen molar-refractivity contribution in [2.24, 2.45) is 11.3 Å². The highest BCUT2D eigenvalue weighted by Crippen LogP contribution is 2.52. The molecule has 0 bridgehead atoms. The molecule has 7 rings (SSSR count). The number of alkyl carbamates (subject to hydrolysis) is 1. The van der Waals surface area contributed by atoms with E-state index in [0.717, 1.165) is 11.8 Å². The quantitative estimate of drug-likeness (QED) is 0.0134. The number of non-ortho nitro benzene ring substituents is 3. The molecule has 1 saturated heterocycles. The van der Waals surface area contributed by atoms with Crippen LogP contribution in [0.3, 0.4) is 0 Å². The van der Waals surface area contributed by atoms with Crippen molar-refractivity contribution in [1.29, 1.82) is 0 Å². The number of nitro groups is 3. The molecule has 1 fully saturated rings. The van der Waals surface area contributed by atoms with Gasteiger partial charge in [0.05, 0.1) is 14.8 Å². The largest absolute Gasteiger partial charge is 0.508 e. The van der Waals surface area contributed by atoms with Crippen molar-refractivity contribution in [2.45, 2.75) is 52.1 Å². The van der Waals surface area contributed by atoms with Crippen molar-refractivity contribution < 1.29 is 52.9 Å². The smallest absolute Gasteiger partial charge is 0.456 e. The van der Waals surface area contributed by atoms with Gasteiger partial charge in [0.1, 0.15) is 46.2 Å². The summed E-state index contributed by atoms with van der Waals surface area (Å²) in [5, 5.41) is 37.6. The lowest BCUT2D eigenvalue weighted by Gasteiger charge is -2.50. The number of nitro benzene ring substituents is 3. The minimum absolute atomic E-state index is 0.0146. The van der Waals surface area contributed by atoms with E-state index >= 15 is 9.59 Å². The van der Waals surface area contributed by atoms with Crippen molar-refractivity contribution in [2.75, 3.05) is 12.3 Å². The highest BCUT2D eigenvalue weighted by Gasteiger charge is 2.57. The van der Waals surface area contributed by atoms with Gasteiger partial charge in [-0.3, -0.25) is 40.0 Å². The van der Waals surface area contributed by atoms with Crippen LogP contribution in [0.2, 0.25) is 0 Å². The Morgan fingerprint density at radius 3 is 1.47 bits per heavy atom. The number of β-lactam (4-membered cyclic amide) rings is 1. The van der Waals surface area contributed by atoms with E-state index in [9.17, 15) is 39.9 Å². The summed E-state index contributed by atoms with van der Waals surface area (Å²) in [6.07, 6.45) is -3.02. The predicted octanol–water partition coefficient (Wildman–Crippen LogP) is 9.81. The summed E-state index contributed by atoms with van der Waals surface area (Å²) >= 11 is 8.42. The Hall–Kier alpha value is -7.91. The number of thioether (sulfide) groups is 2. The van der Waals surface area contributed by atoms with Crippen molar-refractivity contribution >= 4 is 109 Å². The van der Waals surface area contributed by atoms with E-state index in [2.05, 4.69) is 5.32 Å².